The Kier molecular flexibility index (Phi) is 8.16. The number of benzene rings is 1. The Hall–Kier alpha value is -2.04. The zero-order chi connectivity index (χ0) is 17.2. The predicted octanol–water partition coefficient (Wildman–Crippen LogP) is 2.13. The molecule has 23 heavy (non-hydrogen) atoms. The van der Waals surface area contributed by atoms with Crippen molar-refractivity contribution >= 4 is 11.9 Å². The summed E-state index contributed by atoms with van der Waals surface area (Å²) >= 11 is 0. The van der Waals surface area contributed by atoms with Gasteiger partial charge in [0.15, 0.2) is 5.96 Å². The van der Waals surface area contributed by atoms with Gasteiger partial charge in [0.1, 0.15) is 0 Å². The third-order valence-electron chi connectivity index (χ3n) is 3.49. The van der Waals surface area contributed by atoms with Crippen molar-refractivity contribution in [3.63, 3.8) is 0 Å². The molecule has 1 aromatic carbocycles. The Balaban J connectivity index is 2.51. The molecule has 0 radical (unpaired) electrons. The third kappa shape index (κ3) is 7.17. The first-order chi connectivity index (χ1) is 10.9. The monoisotopic (exact) mass is 318 g/mol. The van der Waals surface area contributed by atoms with Gasteiger partial charge in [-0.15, -0.1) is 0 Å². The zero-order valence-corrected chi connectivity index (χ0v) is 15.0. The van der Waals surface area contributed by atoms with E-state index in [1.54, 1.807) is 0 Å². The minimum Gasteiger partial charge on any atom is -0.357 e. The summed E-state index contributed by atoms with van der Waals surface area (Å²) in [6.45, 7) is 12.7. The van der Waals surface area contributed by atoms with Gasteiger partial charge in [0, 0.05) is 25.6 Å². The van der Waals surface area contributed by atoms with Crippen LogP contribution in [0.3, 0.4) is 0 Å². The quantitative estimate of drug-likeness (QED) is 0.410. The van der Waals surface area contributed by atoms with Crippen LogP contribution in [0.4, 0.5) is 0 Å². The summed E-state index contributed by atoms with van der Waals surface area (Å²) in [5.74, 6) is 0.858. The fraction of sp³-hybridized carbons (Fsp3) is 0.556. The van der Waals surface area contributed by atoms with Gasteiger partial charge in [0.25, 0.3) is 0 Å². The summed E-state index contributed by atoms with van der Waals surface area (Å²) in [4.78, 5) is 16.1. The zero-order valence-electron chi connectivity index (χ0n) is 15.0. The SMILES string of the molecule is CCNC(=NCc1ccc(C)cc1C)NCCNC(=O)C(C)C. The van der Waals surface area contributed by atoms with Crippen LogP contribution in [-0.2, 0) is 11.3 Å². The van der Waals surface area contributed by atoms with Crippen LogP contribution in [0.15, 0.2) is 23.2 Å². The van der Waals surface area contributed by atoms with E-state index in [1.807, 2.05) is 20.8 Å². The number of nitrogens with zero attached hydrogens (tertiary/aromatic N) is 1. The molecule has 0 saturated heterocycles. The first-order valence-electron chi connectivity index (χ1n) is 8.30. The van der Waals surface area contributed by atoms with E-state index in [0.29, 0.717) is 19.6 Å². The lowest BCUT2D eigenvalue weighted by Crippen LogP contribution is -2.42. The average molecular weight is 318 g/mol. The van der Waals surface area contributed by atoms with Gasteiger partial charge in [-0.1, -0.05) is 37.6 Å². The van der Waals surface area contributed by atoms with E-state index in [4.69, 9.17) is 0 Å². The van der Waals surface area contributed by atoms with Gasteiger partial charge in [0.05, 0.1) is 6.54 Å². The molecule has 0 aliphatic carbocycles. The Labute approximate surface area is 140 Å². The maximum Gasteiger partial charge on any atom is 0.222 e. The van der Waals surface area contributed by atoms with Crippen molar-refractivity contribution in [1.29, 1.82) is 0 Å². The molecular weight excluding hydrogens is 288 g/mol. The molecule has 0 aliphatic rings. The summed E-state index contributed by atoms with van der Waals surface area (Å²) in [7, 11) is 0. The van der Waals surface area contributed by atoms with Crippen molar-refractivity contribution in [3.05, 3.63) is 34.9 Å². The molecule has 1 amide bonds. The summed E-state index contributed by atoms with van der Waals surface area (Å²) < 4.78 is 0. The van der Waals surface area contributed by atoms with Crippen molar-refractivity contribution < 1.29 is 4.79 Å². The maximum absolute atomic E-state index is 11.5. The molecule has 0 aromatic heterocycles. The number of hydrogen-bond donors (Lipinski definition) is 3. The average Bonchev–Trinajstić information content (AvgIpc) is 2.49. The second-order valence-electron chi connectivity index (χ2n) is 6.00. The number of hydrogen-bond acceptors (Lipinski definition) is 2. The van der Waals surface area contributed by atoms with Gasteiger partial charge in [0.2, 0.25) is 5.91 Å². The lowest BCUT2D eigenvalue weighted by Gasteiger charge is -2.13. The minimum atomic E-state index is 0.0152. The largest absolute Gasteiger partial charge is 0.357 e. The molecule has 1 aromatic rings. The molecular formula is C18H30N4O. The molecule has 0 aliphatic heterocycles. The lowest BCUT2D eigenvalue weighted by molar-refractivity contribution is -0.123. The van der Waals surface area contributed by atoms with E-state index < -0.39 is 0 Å². The number of carbonyl (C=O) groups is 1. The normalized spacial score (nSPS) is 11.5. The smallest absolute Gasteiger partial charge is 0.222 e. The second kappa shape index (κ2) is 9.87. The Morgan fingerprint density at radius 1 is 1.13 bits per heavy atom. The number of guanidine groups is 1. The van der Waals surface area contributed by atoms with E-state index in [9.17, 15) is 4.79 Å². The van der Waals surface area contributed by atoms with Crippen LogP contribution < -0.4 is 16.0 Å². The number of aliphatic imine (C=N–C) groups is 1. The maximum atomic E-state index is 11.5. The number of amides is 1. The number of carbonyl (C=O) groups excluding carboxylic acids is 1. The summed E-state index contributed by atoms with van der Waals surface area (Å²) in [6, 6.07) is 6.41. The van der Waals surface area contributed by atoms with Gasteiger partial charge < -0.3 is 16.0 Å². The fourth-order valence-corrected chi connectivity index (χ4v) is 2.10. The van der Waals surface area contributed by atoms with Crippen LogP contribution in [0.1, 0.15) is 37.5 Å². The molecule has 5 nitrogen and oxygen atoms in total. The summed E-state index contributed by atoms with van der Waals surface area (Å²) in [5, 5.41) is 9.35. The number of aryl methyl sites for hydroxylation is 2. The Morgan fingerprint density at radius 3 is 2.43 bits per heavy atom. The highest BCUT2D eigenvalue weighted by atomic mass is 16.1. The molecule has 0 atom stereocenters. The van der Waals surface area contributed by atoms with E-state index in [-0.39, 0.29) is 11.8 Å². The first-order valence-corrected chi connectivity index (χ1v) is 8.30. The highest BCUT2D eigenvalue weighted by Crippen LogP contribution is 2.11. The second-order valence-corrected chi connectivity index (χ2v) is 6.00. The van der Waals surface area contributed by atoms with Gasteiger partial charge in [-0.3, -0.25) is 4.79 Å². The van der Waals surface area contributed by atoms with E-state index in [1.165, 1.54) is 16.7 Å². The molecule has 0 saturated carbocycles. The van der Waals surface area contributed by atoms with E-state index >= 15 is 0 Å². The fourth-order valence-electron chi connectivity index (χ4n) is 2.10. The molecule has 0 bridgehead atoms. The summed E-state index contributed by atoms with van der Waals surface area (Å²) in [6.07, 6.45) is 0. The molecule has 0 spiro atoms. The van der Waals surface area contributed by atoms with Gasteiger partial charge >= 0.3 is 0 Å². The molecule has 0 fully saturated rings. The van der Waals surface area contributed by atoms with Gasteiger partial charge in [-0.2, -0.15) is 0 Å². The Bertz CT molecular complexity index is 538. The van der Waals surface area contributed by atoms with Crippen molar-refractivity contribution in [2.45, 2.75) is 41.2 Å². The molecule has 128 valence electrons. The van der Waals surface area contributed by atoms with Crippen LogP contribution >= 0.6 is 0 Å². The van der Waals surface area contributed by atoms with Crippen LogP contribution in [0.25, 0.3) is 0 Å². The van der Waals surface area contributed by atoms with Crippen LogP contribution in [0.5, 0.6) is 0 Å². The van der Waals surface area contributed by atoms with Crippen molar-refractivity contribution in [3.8, 4) is 0 Å². The molecule has 0 heterocycles. The minimum absolute atomic E-state index is 0.0152. The van der Waals surface area contributed by atoms with E-state index in [2.05, 4.69) is 53.0 Å². The third-order valence-corrected chi connectivity index (χ3v) is 3.49. The van der Waals surface area contributed by atoms with Crippen LogP contribution in [0.2, 0.25) is 0 Å². The van der Waals surface area contributed by atoms with Crippen LogP contribution in [0, 0.1) is 19.8 Å². The summed E-state index contributed by atoms with van der Waals surface area (Å²) in [5.41, 5.74) is 3.75. The topological polar surface area (TPSA) is 65.5 Å². The van der Waals surface area contributed by atoms with Crippen LogP contribution in [-0.4, -0.2) is 31.5 Å². The van der Waals surface area contributed by atoms with E-state index in [0.717, 1.165) is 12.5 Å². The molecule has 3 N–H and O–H groups in total. The standard InChI is InChI=1S/C18H30N4O/c1-6-19-18(21-10-9-20-17(23)13(2)3)22-12-16-8-7-14(4)11-15(16)5/h7-8,11,13H,6,9-10,12H2,1-5H3,(H,20,23)(H2,19,21,22). The van der Waals surface area contributed by atoms with Crippen molar-refractivity contribution in [1.82, 2.24) is 16.0 Å². The number of rotatable bonds is 7. The highest BCUT2D eigenvalue weighted by molar-refractivity contribution is 5.80. The highest BCUT2D eigenvalue weighted by Gasteiger charge is 2.05. The Morgan fingerprint density at radius 2 is 1.83 bits per heavy atom. The number of nitrogens with one attached hydrogen (secondary N) is 3. The van der Waals surface area contributed by atoms with Crippen molar-refractivity contribution in [2.24, 2.45) is 10.9 Å². The molecule has 1 rings (SSSR count). The van der Waals surface area contributed by atoms with Gasteiger partial charge in [-0.05, 0) is 31.9 Å². The van der Waals surface area contributed by atoms with Gasteiger partial charge in [-0.25, -0.2) is 4.99 Å². The molecule has 5 heteroatoms. The molecule has 0 unspecified atom stereocenters. The first kappa shape index (κ1) is 19.0. The van der Waals surface area contributed by atoms with Crippen molar-refractivity contribution in [2.75, 3.05) is 19.6 Å². The lowest BCUT2D eigenvalue weighted by atomic mass is 10.1. The predicted molar refractivity (Wildman–Crippen MR) is 96.6 cm³/mol.